The predicted molar refractivity (Wildman–Crippen MR) is 60.0 cm³/mol. The summed E-state index contributed by atoms with van der Waals surface area (Å²) in [6.45, 7) is 7.11. The van der Waals surface area contributed by atoms with Crippen LogP contribution in [0.1, 0.15) is 32.6 Å². The van der Waals surface area contributed by atoms with Crippen molar-refractivity contribution in [1.29, 1.82) is 0 Å². The van der Waals surface area contributed by atoms with E-state index in [9.17, 15) is 0 Å². The summed E-state index contributed by atoms with van der Waals surface area (Å²) < 4.78 is 10.9. The van der Waals surface area contributed by atoms with Crippen LogP contribution < -0.4 is 5.32 Å². The van der Waals surface area contributed by atoms with Gasteiger partial charge in [0, 0.05) is 25.4 Å². The summed E-state index contributed by atoms with van der Waals surface area (Å²) in [4.78, 5) is 0. The van der Waals surface area contributed by atoms with Crippen molar-refractivity contribution in [3.8, 4) is 0 Å². The summed E-state index contributed by atoms with van der Waals surface area (Å²) in [7, 11) is 0. The molecule has 2 rings (SSSR count). The number of nitrogens with one attached hydrogen (secondary N) is 1. The van der Waals surface area contributed by atoms with Crippen LogP contribution in [0, 0.1) is 5.92 Å². The number of ether oxygens (including phenoxy) is 2. The first-order valence-electron chi connectivity index (χ1n) is 6.19. The lowest BCUT2D eigenvalue weighted by molar-refractivity contribution is 0.0201. The molecular formula is C12H23NO2. The van der Waals surface area contributed by atoms with Gasteiger partial charge in [-0.1, -0.05) is 0 Å². The van der Waals surface area contributed by atoms with E-state index in [0.717, 1.165) is 38.9 Å². The van der Waals surface area contributed by atoms with Gasteiger partial charge in [0.2, 0.25) is 0 Å². The van der Waals surface area contributed by atoms with Crippen LogP contribution in [0.3, 0.4) is 0 Å². The Morgan fingerprint density at radius 1 is 1.20 bits per heavy atom. The van der Waals surface area contributed by atoms with E-state index in [1.54, 1.807) is 0 Å². The summed E-state index contributed by atoms with van der Waals surface area (Å²) >= 11 is 0. The van der Waals surface area contributed by atoms with Gasteiger partial charge < -0.3 is 14.8 Å². The molecule has 88 valence electrons. The first kappa shape index (κ1) is 11.4. The molecule has 0 radical (unpaired) electrons. The molecule has 0 spiro atoms. The van der Waals surface area contributed by atoms with Crippen molar-refractivity contribution in [3.05, 3.63) is 0 Å². The van der Waals surface area contributed by atoms with E-state index < -0.39 is 0 Å². The van der Waals surface area contributed by atoms with E-state index in [1.807, 2.05) is 0 Å². The maximum atomic E-state index is 5.54. The van der Waals surface area contributed by atoms with E-state index in [4.69, 9.17) is 9.47 Å². The van der Waals surface area contributed by atoms with Crippen molar-refractivity contribution < 1.29 is 9.47 Å². The number of hydrogen-bond donors (Lipinski definition) is 1. The van der Waals surface area contributed by atoms with Gasteiger partial charge in [0.25, 0.3) is 0 Å². The number of hydrogen-bond acceptors (Lipinski definition) is 3. The third kappa shape index (κ3) is 3.44. The van der Waals surface area contributed by atoms with Crippen molar-refractivity contribution in [2.75, 3.05) is 33.0 Å². The molecule has 3 heteroatoms. The lowest BCUT2D eigenvalue weighted by atomic mass is 9.92. The highest BCUT2D eigenvalue weighted by Gasteiger charge is 2.28. The van der Waals surface area contributed by atoms with Gasteiger partial charge in [0.15, 0.2) is 0 Å². The lowest BCUT2D eigenvalue weighted by Crippen LogP contribution is -2.50. The summed E-state index contributed by atoms with van der Waals surface area (Å²) in [5.74, 6) is 0.803. The summed E-state index contributed by atoms with van der Waals surface area (Å²) in [6, 6.07) is 0. The van der Waals surface area contributed by atoms with Gasteiger partial charge in [0.05, 0.1) is 6.61 Å². The first-order chi connectivity index (χ1) is 7.29. The zero-order chi connectivity index (χ0) is 10.6. The van der Waals surface area contributed by atoms with Crippen LogP contribution in [0.15, 0.2) is 0 Å². The van der Waals surface area contributed by atoms with E-state index in [0.29, 0.717) is 0 Å². The van der Waals surface area contributed by atoms with Gasteiger partial charge in [-0.05, 0) is 45.1 Å². The molecule has 2 aliphatic heterocycles. The molecule has 2 aliphatic rings. The number of rotatable bonds is 3. The zero-order valence-corrected chi connectivity index (χ0v) is 9.76. The third-order valence-corrected chi connectivity index (χ3v) is 3.60. The molecule has 0 aliphatic carbocycles. The largest absolute Gasteiger partial charge is 0.381 e. The van der Waals surface area contributed by atoms with Crippen molar-refractivity contribution >= 4 is 0 Å². The molecule has 2 heterocycles. The van der Waals surface area contributed by atoms with Crippen LogP contribution in [0.2, 0.25) is 0 Å². The van der Waals surface area contributed by atoms with Gasteiger partial charge in [-0.15, -0.1) is 0 Å². The molecule has 15 heavy (non-hydrogen) atoms. The minimum Gasteiger partial charge on any atom is -0.381 e. The molecule has 3 nitrogen and oxygen atoms in total. The van der Waals surface area contributed by atoms with E-state index >= 15 is 0 Å². The van der Waals surface area contributed by atoms with Crippen molar-refractivity contribution in [2.24, 2.45) is 5.92 Å². The Labute approximate surface area is 92.5 Å². The Kier molecular flexibility index (Phi) is 4.00. The average molecular weight is 213 g/mol. The van der Waals surface area contributed by atoms with Crippen molar-refractivity contribution in [2.45, 2.75) is 38.1 Å². The topological polar surface area (TPSA) is 30.5 Å². The fourth-order valence-electron chi connectivity index (χ4n) is 2.41. The van der Waals surface area contributed by atoms with E-state index in [2.05, 4.69) is 12.2 Å². The molecular weight excluding hydrogens is 190 g/mol. The summed E-state index contributed by atoms with van der Waals surface area (Å²) in [5.41, 5.74) is 0.219. The van der Waals surface area contributed by atoms with Crippen LogP contribution in [0.25, 0.3) is 0 Å². The monoisotopic (exact) mass is 213 g/mol. The van der Waals surface area contributed by atoms with Gasteiger partial charge >= 0.3 is 0 Å². The first-order valence-corrected chi connectivity index (χ1v) is 6.19. The molecule has 1 unspecified atom stereocenters. The fourth-order valence-corrected chi connectivity index (χ4v) is 2.41. The Hall–Kier alpha value is -0.120. The Bertz CT molecular complexity index is 184. The van der Waals surface area contributed by atoms with Crippen molar-refractivity contribution in [1.82, 2.24) is 5.32 Å². The third-order valence-electron chi connectivity index (χ3n) is 3.60. The van der Waals surface area contributed by atoms with Gasteiger partial charge in [-0.25, -0.2) is 0 Å². The lowest BCUT2D eigenvalue weighted by Gasteiger charge is -2.36. The molecule has 0 aromatic carbocycles. The van der Waals surface area contributed by atoms with Crippen LogP contribution in [-0.2, 0) is 9.47 Å². The standard InChI is InChI=1S/C12H23NO2/c1-12(5-2-6-15-10-12)13-9-11-3-7-14-8-4-11/h11,13H,2-10H2,1H3. The van der Waals surface area contributed by atoms with Gasteiger partial charge in [-0.2, -0.15) is 0 Å². The molecule has 0 bridgehead atoms. The highest BCUT2D eigenvalue weighted by molar-refractivity contribution is 4.86. The molecule has 0 aromatic heterocycles. The van der Waals surface area contributed by atoms with Crippen LogP contribution in [-0.4, -0.2) is 38.5 Å². The second kappa shape index (κ2) is 5.28. The fraction of sp³-hybridized carbons (Fsp3) is 1.00. The summed E-state index contributed by atoms with van der Waals surface area (Å²) in [6.07, 6.45) is 4.86. The highest BCUT2D eigenvalue weighted by atomic mass is 16.5. The van der Waals surface area contributed by atoms with Gasteiger partial charge in [0.1, 0.15) is 0 Å². The second-order valence-corrected chi connectivity index (χ2v) is 5.15. The maximum Gasteiger partial charge on any atom is 0.0645 e. The molecule has 0 saturated carbocycles. The second-order valence-electron chi connectivity index (χ2n) is 5.15. The SMILES string of the molecule is CC1(NCC2CCOCC2)CCCOC1. The summed E-state index contributed by atoms with van der Waals surface area (Å²) in [5, 5.41) is 3.69. The molecule has 2 saturated heterocycles. The average Bonchev–Trinajstić information content (AvgIpc) is 2.29. The molecule has 1 N–H and O–H groups in total. The molecule has 0 amide bonds. The normalized spacial score (nSPS) is 34.2. The zero-order valence-electron chi connectivity index (χ0n) is 9.76. The Balaban J connectivity index is 1.70. The smallest absolute Gasteiger partial charge is 0.0645 e. The minimum atomic E-state index is 0.219. The predicted octanol–water partition coefficient (Wildman–Crippen LogP) is 1.57. The van der Waals surface area contributed by atoms with Gasteiger partial charge in [-0.3, -0.25) is 0 Å². The molecule has 1 atom stereocenters. The quantitative estimate of drug-likeness (QED) is 0.772. The Morgan fingerprint density at radius 3 is 2.67 bits per heavy atom. The van der Waals surface area contributed by atoms with Crippen LogP contribution in [0.4, 0.5) is 0 Å². The van der Waals surface area contributed by atoms with Crippen LogP contribution in [0.5, 0.6) is 0 Å². The maximum absolute atomic E-state index is 5.54. The highest BCUT2D eigenvalue weighted by Crippen LogP contribution is 2.20. The molecule has 2 fully saturated rings. The molecule has 0 aromatic rings. The van der Waals surface area contributed by atoms with E-state index in [-0.39, 0.29) is 5.54 Å². The van der Waals surface area contributed by atoms with E-state index in [1.165, 1.54) is 25.7 Å². The Morgan fingerprint density at radius 2 is 2.00 bits per heavy atom. The van der Waals surface area contributed by atoms with Crippen LogP contribution >= 0.6 is 0 Å². The van der Waals surface area contributed by atoms with Crippen molar-refractivity contribution in [3.63, 3.8) is 0 Å². The minimum absolute atomic E-state index is 0.219.